The molecule has 0 aliphatic carbocycles. The van der Waals surface area contributed by atoms with E-state index in [-0.39, 0.29) is 25.4 Å². The van der Waals surface area contributed by atoms with Crippen LogP contribution in [-0.4, -0.2) is 43.3 Å². The van der Waals surface area contributed by atoms with E-state index in [0.717, 1.165) is 71.3 Å². The Balaban J connectivity index is 4.02. The lowest BCUT2D eigenvalue weighted by atomic mass is 10.1. The summed E-state index contributed by atoms with van der Waals surface area (Å²) in [5.74, 6) is -0.825. The molecule has 0 spiro atoms. The third kappa shape index (κ3) is 36.1. The molecule has 0 bridgehead atoms. The lowest BCUT2D eigenvalue weighted by molar-refractivity contribution is -0.161. The second-order valence-corrected chi connectivity index (χ2v) is 15.0. The average molecular weight is 727 g/mol. The van der Waals surface area contributed by atoms with Crippen molar-refractivity contribution >= 4 is 19.8 Å². The first-order valence-corrected chi connectivity index (χ1v) is 21.7. The molecule has 50 heavy (non-hydrogen) atoms. The van der Waals surface area contributed by atoms with Gasteiger partial charge in [-0.05, 0) is 64.2 Å². The summed E-state index contributed by atoms with van der Waals surface area (Å²) in [5, 5.41) is 0. The lowest BCUT2D eigenvalue weighted by Crippen LogP contribution is -2.29. The second-order valence-electron chi connectivity index (χ2n) is 13.4. The molecule has 0 rings (SSSR count). The van der Waals surface area contributed by atoms with Crippen LogP contribution in [0.4, 0.5) is 0 Å². The van der Waals surface area contributed by atoms with Crippen LogP contribution in [-0.2, 0) is 32.7 Å². The Morgan fingerprint density at radius 2 is 1.00 bits per heavy atom. The smallest absolute Gasteiger partial charge is 0.462 e. The van der Waals surface area contributed by atoms with Crippen LogP contribution in [0.25, 0.3) is 0 Å². The van der Waals surface area contributed by atoms with E-state index >= 15 is 0 Å². The summed E-state index contributed by atoms with van der Waals surface area (Å²) in [7, 11) is -3.21. The van der Waals surface area contributed by atoms with Crippen molar-refractivity contribution in [1.82, 2.24) is 0 Å². The van der Waals surface area contributed by atoms with Gasteiger partial charge in [-0.3, -0.25) is 18.6 Å². The van der Waals surface area contributed by atoms with E-state index in [2.05, 4.69) is 54.8 Å². The van der Waals surface area contributed by atoms with E-state index in [1.807, 2.05) is 0 Å². The van der Waals surface area contributed by atoms with Crippen LogP contribution in [0.3, 0.4) is 0 Å². The van der Waals surface area contributed by atoms with E-state index in [0.29, 0.717) is 6.42 Å². The minimum Gasteiger partial charge on any atom is -0.462 e. The average Bonchev–Trinajstić information content (AvgIpc) is 3.10. The molecule has 0 amide bonds. The van der Waals surface area contributed by atoms with Gasteiger partial charge >= 0.3 is 19.8 Å². The highest BCUT2D eigenvalue weighted by atomic mass is 31.2. The van der Waals surface area contributed by atoms with Crippen LogP contribution < -0.4 is 0 Å². The fourth-order valence-corrected chi connectivity index (χ4v) is 5.91. The molecule has 0 aromatic carbocycles. The fraction of sp³-hybridized carbons (Fsp3) is 0.805. The van der Waals surface area contributed by atoms with Gasteiger partial charge in [0.05, 0.1) is 6.61 Å². The number of hydrogen-bond donors (Lipinski definition) is 1. The molecule has 2 unspecified atom stereocenters. The Labute approximate surface area is 306 Å². The zero-order valence-corrected chi connectivity index (χ0v) is 33.2. The van der Waals surface area contributed by atoms with Crippen molar-refractivity contribution in [3.63, 3.8) is 0 Å². The highest BCUT2D eigenvalue weighted by Gasteiger charge is 2.24. The first-order valence-electron chi connectivity index (χ1n) is 20.2. The van der Waals surface area contributed by atoms with Crippen molar-refractivity contribution in [2.75, 3.05) is 20.3 Å². The molecule has 0 aliphatic rings. The third-order valence-corrected chi connectivity index (χ3v) is 9.52. The number of rotatable bonds is 37. The van der Waals surface area contributed by atoms with Crippen molar-refractivity contribution in [2.24, 2.45) is 0 Å². The highest BCUT2D eigenvalue weighted by Crippen LogP contribution is 2.42. The van der Waals surface area contributed by atoms with Gasteiger partial charge in [-0.1, -0.05) is 147 Å². The summed E-state index contributed by atoms with van der Waals surface area (Å²) in [6, 6.07) is 0. The topological polar surface area (TPSA) is 108 Å². The molecule has 2 atom stereocenters. The standard InChI is InChI=1S/C41H75O8P/c1-4-6-8-10-12-14-16-18-19-20-21-22-24-25-27-29-31-33-35-40(42)47-37-39(38-48-50(44,45)46-3)49-41(43)36-34-32-30-28-26-23-17-15-13-11-9-7-5-2/h9,11,15,17,19-20,39H,4-8,10,12-14,16,18,21-38H2,1-3H3,(H,44,45)/b11-9-,17-15-,20-19-. The number of unbranched alkanes of at least 4 members (excludes halogenated alkanes) is 20. The van der Waals surface area contributed by atoms with E-state index in [4.69, 9.17) is 14.0 Å². The van der Waals surface area contributed by atoms with Gasteiger partial charge in [0.2, 0.25) is 0 Å². The molecule has 8 nitrogen and oxygen atoms in total. The first kappa shape index (κ1) is 48.3. The summed E-state index contributed by atoms with van der Waals surface area (Å²) in [6.45, 7) is 3.80. The van der Waals surface area contributed by atoms with Gasteiger partial charge in [0.15, 0.2) is 6.10 Å². The van der Waals surface area contributed by atoms with Gasteiger partial charge in [0.25, 0.3) is 0 Å². The predicted molar refractivity (Wildman–Crippen MR) is 207 cm³/mol. The van der Waals surface area contributed by atoms with E-state index in [1.54, 1.807) is 0 Å². The molecular weight excluding hydrogens is 651 g/mol. The van der Waals surface area contributed by atoms with Crippen molar-refractivity contribution in [2.45, 2.75) is 193 Å². The minimum atomic E-state index is -4.26. The molecule has 0 aromatic heterocycles. The van der Waals surface area contributed by atoms with Crippen LogP contribution in [0.1, 0.15) is 187 Å². The second kappa shape index (κ2) is 37.0. The maximum Gasteiger partial charge on any atom is 0.472 e. The molecule has 0 saturated carbocycles. The Kier molecular flexibility index (Phi) is 35.8. The predicted octanol–water partition coefficient (Wildman–Crippen LogP) is 12.4. The van der Waals surface area contributed by atoms with Crippen LogP contribution in [0, 0.1) is 0 Å². The van der Waals surface area contributed by atoms with Crippen LogP contribution in [0.5, 0.6) is 0 Å². The highest BCUT2D eigenvalue weighted by molar-refractivity contribution is 7.47. The Morgan fingerprint density at radius 1 is 0.560 bits per heavy atom. The summed E-state index contributed by atoms with van der Waals surface area (Å²) in [4.78, 5) is 34.4. The normalized spacial score (nSPS) is 13.8. The van der Waals surface area contributed by atoms with Gasteiger partial charge in [0.1, 0.15) is 6.61 Å². The van der Waals surface area contributed by atoms with Gasteiger partial charge in [-0.25, -0.2) is 4.57 Å². The quantitative estimate of drug-likeness (QED) is 0.0292. The molecule has 1 N–H and O–H groups in total. The van der Waals surface area contributed by atoms with E-state index < -0.39 is 26.5 Å². The maximum absolute atomic E-state index is 12.4. The van der Waals surface area contributed by atoms with Crippen molar-refractivity contribution in [1.29, 1.82) is 0 Å². The molecule has 9 heteroatoms. The lowest BCUT2D eigenvalue weighted by Gasteiger charge is -2.19. The molecular formula is C41H75O8P. The Hall–Kier alpha value is -1.73. The number of phosphoric acid groups is 1. The zero-order chi connectivity index (χ0) is 36.8. The Morgan fingerprint density at radius 3 is 1.50 bits per heavy atom. The molecule has 0 heterocycles. The monoisotopic (exact) mass is 727 g/mol. The van der Waals surface area contributed by atoms with Crippen LogP contribution >= 0.6 is 7.82 Å². The number of carbonyl (C=O) groups is 2. The summed E-state index contributed by atoms with van der Waals surface area (Å²) < 4.78 is 31.9. The largest absolute Gasteiger partial charge is 0.472 e. The molecule has 0 fully saturated rings. The van der Waals surface area contributed by atoms with Crippen LogP contribution in [0.15, 0.2) is 36.5 Å². The van der Waals surface area contributed by atoms with Crippen molar-refractivity contribution < 1.29 is 37.6 Å². The van der Waals surface area contributed by atoms with Gasteiger partial charge in [-0.2, -0.15) is 0 Å². The zero-order valence-electron chi connectivity index (χ0n) is 32.3. The first-order chi connectivity index (χ1) is 24.3. The van der Waals surface area contributed by atoms with Crippen molar-refractivity contribution in [3.05, 3.63) is 36.5 Å². The minimum absolute atomic E-state index is 0.228. The number of esters is 2. The van der Waals surface area contributed by atoms with E-state index in [9.17, 15) is 19.0 Å². The van der Waals surface area contributed by atoms with Crippen molar-refractivity contribution in [3.8, 4) is 0 Å². The van der Waals surface area contributed by atoms with E-state index in [1.165, 1.54) is 89.9 Å². The maximum atomic E-state index is 12.4. The SMILES string of the molecule is CCC/C=C\C/C=C\CCCCCCCC(=O)OC(COC(=O)CCCCCCCCC/C=C\CCCCCCCCC)COP(=O)(O)OC. The fourth-order valence-electron chi connectivity index (χ4n) is 5.45. The Bertz CT molecular complexity index is 916. The van der Waals surface area contributed by atoms with Crippen LogP contribution in [0.2, 0.25) is 0 Å². The number of phosphoric ester groups is 1. The summed E-state index contributed by atoms with van der Waals surface area (Å²) in [5.41, 5.74) is 0. The molecule has 292 valence electrons. The number of hydrogen-bond acceptors (Lipinski definition) is 7. The summed E-state index contributed by atoms with van der Waals surface area (Å²) >= 11 is 0. The molecule has 0 saturated heterocycles. The number of carbonyl (C=O) groups excluding carboxylic acids is 2. The summed E-state index contributed by atoms with van der Waals surface area (Å²) in [6.07, 6.45) is 41.9. The molecule has 0 radical (unpaired) electrons. The van der Waals surface area contributed by atoms with Gasteiger partial charge in [-0.15, -0.1) is 0 Å². The number of allylic oxidation sites excluding steroid dienone is 6. The molecule has 0 aromatic rings. The number of ether oxygens (including phenoxy) is 2. The molecule has 0 aliphatic heterocycles. The third-order valence-electron chi connectivity index (χ3n) is 8.59. The van der Waals surface area contributed by atoms with Gasteiger partial charge in [0, 0.05) is 20.0 Å². The van der Waals surface area contributed by atoms with Gasteiger partial charge < -0.3 is 14.4 Å².